The molecule has 0 saturated carbocycles. The molecule has 0 aromatic heterocycles. The maximum atomic E-state index is 11.7. The van der Waals surface area contributed by atoms with Gasteiger partial charge in [-0.05, 0) is 0 Å². The highest BCUT2D eigenvalue weighted by atomic mass is 32.2. The van der Waals surface area contributed by atoms with Gasteiger partial charge in [-0.3, -0.25) is 0 Å². The minimum atomic E-state index is -4.44. The van der Waals surface area contributed by atoms with Crippen molar-refractivity contribution in [3.63, 3.8) is 0 Å². The smallest absolute Gasteiger partial charge is 0.241 e. The Bertz CT molecular complexity index is 584. The summed E-state index contributed by atoms with van der Waals surface area (Å²) in [5, 5.41) is 0. The quantitative estimate of drug-likeness (QED) is 0.684. The van der Waals surface area contributed by atoms with Crippen LogP contribution in [0.2, 0.25) is 0 Å². The van der Waals surface area contributed by atoms with Crippen LogP contribution in [0.15, 0.2) is 60.7 Å². The summed E-state index contributed by atoms with van der Waals surface area (Å²) >= 11 is 0. The first-order valence-corrected chi connectivity index (χ1v) is 6.68. The summed E-state index contributed by atoms with van der Waals surface area (Å²) in [5.41, 5.74) is 0.734. The van der Waals surface area contributed by atoms with E-state index in [1.165, 1.54) is 0 Å². The molecular formula is C13H13NO3S+. The van der Waals surface area contributed by atoms with Gasteiger partial charge in [-0.15, -0.1) is 12.3 Å². The number of benzene rings is 2. The molecule has 0 fully saturated rings. The van der Waals surface area contributed by atoms with Crippen molar-refractivity contribution in [3.8, 4) is 0 Å². The fourth-order valence-corrected chi connectivity index (χ4v) is 2.53. The number of quaternary nitrogens is 1. The Morgan fingerprint density at radius 3 is 1.44 bits per heavy atom. The highest BCUT2D eigenvalue weighted by molar-refractivity contribution is 7.85. The van der Waals surface area contributed by atoms with Crippen molar-refractivity contribution >= 4 is 21.7 Å². The molecule has 0 aliphatic rings. The van der Waals surface area contributed by atoms with Crippen molar-refractivity contribution in [1.29, 1.82) is 0 Å². The van der Waals surface area contributed by atoms with E-state index in [1.54, 1.807) is 60.7 Å². The second kappa shape index (κ2) is 4.53. The summed E-state index contributed by atoms with van der Waals surface area (Å²) in [6.45, 7) is 0. The minimum absolute atomic E-state index is 0.367. The first kappa shape index (κ1) is 12.8. The molecule has 0 bridgehead atoms. The molecule has 93 valence electrons. The van der Waals surface area contributed by atoms with E-state index < -0.39 is 14.2 Å². The first-order chi connectivity index (χ1) is 8.46. The van der Waals surface area contributed by atoms with Gasteiger partial charge >= 0.3 is 10.3 Å². The monoisotopic (exact) mass is 263 g/mol. The topological polar surface area (TPSA) is 54.4 Å². The lowest BCUT2D eigenvalue weighted by molar-refractivity contribution is 0.438. The van der Waals surface area contributed by atoms with Crippen LogP contribution in [0.4, 0.5) is 11.4 Å². The van der Waals surface area contributed by atoms with Gasteiger partial charge in [0.2, 0.25) is 0 Å². The van der Waals surface area contributed by atoms with Crippen molar-refractivity contribution < 1.29 is 13.0 Å². The van der Waals surface area contributed by atoms with Crippen LogP contribution in [0.3, 0.4) is 0 Å². The van der Waals surface area contributed by atoms with Gasteiger partial charge in [0.1, 0.15) is 0 Å². The SMILES string of the molecule is [CH2][N+](c1ccccc1)(c1ccccc1)S(=O)(=O)O. The number of nitrogens with zero attached hydrogens (tertiary/aromatic N) is 1. The fraction of sp³-hybridized carbons (Fsp3) is 0. The van der Waals surface area contributed by atoms with Gasteiger partial charge in [0.15, 0.2) is 18.4 Å². The standard InChI is InChI=1S/C13H13NO3S/c1-14(18(15,16)17,12-8-4-2-5-9-12)13-10-6-3-7-11-13/h2-11H,1H2,(H,15,16,17)/q+1. The molecule has 0 saturated heterocycles. The zero-order valence-electron chi connectivity index (χ0n) is 9.60. The van der Waals surface area contributed by atoms with E-state index in [9.17, 15) is 13.0 Å². The Kier molecular flexibility index (Phi) is 3.21. The summed E-state index contributed by atoms with van der Waals surface area (Å²) in [6.07, 6.45) is 0. The number of rotatable bonds is 3. The van der Waals surface area contributed by atoms with Gasteiger partial charge in [-0.2, -0.15) is 0 Å². The number of para-hydroxylation sites is 2. The van der Waals surface area contributed by atoms with E-state index >= 15 is 0 Å². The molecule has 0 unspecified atom stereocenters. The molecule has 2 aromatic carbocycles. The maximum absolute atomic E-state index is 11.7. The second-order valence-corrected chi connectivity index (χ2v) is 5.38. The molecule has 0 aliphatic carbocycles. The van der Waals surface area contributed by atoms with E-state index in [4.69, 9.17) is 0 Å². The third-order valence-electron chi connectivity index (χ3n) is 2.74. The maximum Gasteiger partial charge on any atom is 0.443 e. The molecule has 4 nitrogen and oxygen atoms in total. The van der Waals surface area contributed by atoms with Crippen LogP contribution in [0, 0.1) is 7.05 Å². The van der Waals surface area contributed by atoms with Crippen molar-refractivity contribution in [1.82, 2.24) is 3.89 Å². The van der Waals surface area contributed by atoms with Crippen LogP contribution in [0.25, 0.3) is 0 Å². The van der Waals surface area contributed by atoms with Gasteiger partial charge in [0.25, 0.3) is 0 Å². The predicted octanol–water partition coefficient (Wildman–Crippen LogP) is 2.92. The molecule has 1 N–H and O–H groups in total. The highest BCUT2D eigenvalue weighted by Gasteiger charge is 2.41. The molecule has 0 heterocycles. The summed E-state index contributed by atoms with van der Waals surface area (Å²) in [6, 6.07) is 16.7. The summed E-state index contributed by atoms with van der Waals surface area (Å²) in [5.74, 6) is 0. The summed E-state index contributed by atoms with van der Waals surface area (Å²) < 4.78 is 32.0. The van der Waals surface area contributed by atoms with E-state index in [-0.39, 0.29) is 0 Å². The van der Waals surface area contributed by atoms with Crippen LogP contribution >= 0.6 is 0 Å². The zero-order valence-corrected chi connectivity index (χ0v) is 10.4. The van der Waals surface area contributed by atoms with Gasteiger partial charge < -0.3 is 0 Å². The number of hydrogen-bond acceptors (Lipinski definition) is 2. The molecule has 0 spiro atoms. The molecule has 0 aliphatic heterocycles. The lowest BCUT2D eigenvalue weighted by atomic mass is 10.2. The lowest BCUT2D eigenvalue weighted by Crippen LogP contribution is -2.42. The van der Waals surface area contributed by atoms with Crippen LogP contribution < -0.4 is 3.89 Å². The zero-order chi connectivity index (χ0) is 13.2. The van der Waals surface area contributed by atoms with Crippen molar-refractivity contribution in [2.24, 2.45) is 0 Å². The minimum Gasteiger partial charge on any atom is -0.241 e. The Balaban J connectivity index is 2.72. The molecule has 2 aromatic rings. The normalized spacial score (nSPS) is 12.3. The Morgan fingerprint density at radius 2 is 1.17 bits per heavy atom. The van der Waals surface area contributed by atoms with Crippen LogP contribution in [-0.4, -0.2) is 13.0 Å². The molecule has 18 heavy (non-hydrogen) atoms. The molecule has 2 rings (SSSR count). The largest absolute Gasteiger partial charge is 0.443 e. The Hall–Kier alpha value is -1.69. The van der Waals surface area contributed by atoms with Gasteiger partial charge in [0, 0.05) is 24.3 Å². The van der Waals surface area contributed by atoms with Crippen molar-refractivity contribution in [3.05, 3.63) is 67.7 Å². The highest BCUT2D eigenvalue weighted by Crippen LogP contribution is 2.36. The van der Waals surface area contributed by atoms with E-state index in [1.807, 2.05) is 0 Å². The fourth-order valence-electron chi connectivity index (χ4n) is 1.75. The average Bonchev–Trinajstić information content (AvgIpc) is 2.38. The van der Waals surface area contributed by atoms with Crippen molar-refractivity contribution in [2.45, 2.75) is 0 Å². The Morgan fingerprint density at radius 1 is 0.833 bits per heavy atom. The third-order valence-corrected chi connectivity index (χ3v) is 3.95. The van der Waals surface area contributed by atoms with Crippen LogP contribution in [0.5, 0.6) is 0 Å². The van der Waals surface area contributed by atoms with Gasteiger partial charge in [0.05, 0.1) is 0 Å². The predicted molar refractivity (Wildman–Crippen MR) is 71.2 cm³/mol. The average molecular weight is 263 g/mol. The van der Waals surface area contributed by atoms with Crippen LogP contribution in [-0.2, 0) is 10.3 Å². The lowest BCUT2D eigenvalue weighted by Gasteiger charge is -2.27. The van der Waals surface area contributed by atoms with E-state index in [0.29, 0.717) is 11.4 Å². The van der Waals surface area contributed by atoms with E-state index in [0.717, 1.165) is 0 Å². The van der Waals surface area contributed by atoms with Crippen LogP contribution in [0.1, 0.15) is 0 Å². The number of hydrogen-bond donors (Lipinski definition) is 1. The summed E-state index contributed by atoms with van der Waals surface area (Å²) in [7, 11) is -0.763. The van der Waals surface area contributed by atoms with E-state index in [2.05, 4.69) is 7.05 Å². The molecule has 0 amide bonds. The molecule has 1 radical (unpaired) electrons. The van der Waals surface area contributed by atoms with Gasteiger partial charge in [-0.25, -0.2) is 4.55 Å². The second-order valence-electron chi connectivity index (χ2n) is 3.86. The third kappa shape index (κ3) is 2.03. The van der Waals surface area contributed by atoms with Gasteiger partial charge in [-0.1, -0.05) is 36.4 Å². The summed E-state index contributed by atoms with van der Waals surface area (Å²) in [4.78, 5) is 0. The molecule has 5 heteroatoms. The molecular weight excluding hydrogens is 250 g/mol. The molecule has 0 atom stereocenters. The Labute approximate surface area is 107 Å². The van der Waals surface area contributed by atoms with Crippen molar-refractivity contribution in [2.75, 3.05) is 0 Å². The first-order valence-electron chi connectivity index (χ1n) is 5.28.